The number of hydrogen-bond donors (Lipinski definition) is 2. The molecular weight excluding hydrogens is 318 g/mol. The van der Waals surface area contributed by atoms with Gasteiger partial charge >= 0.3 is 5.97 Å². The molecule has 2 saturated carbocycles. The van der Waals surface area contributed by atoms with Crippen molar-refractivity contribution in [2.45, 2.75) is 57.4 Å². The Morgan fingerprint density at radius 2 is 1.65 bits per heavy atom. The van der Waals surface area contributed by atoms with Crippen LogP contribution in [0.4, 0.5) is 0 Å². The topological polar surface area (TPSA) is 101 Å². The second kappa shape index (κ2) is 5.46. The standard InChI is InChI=1S/C16H25NO5S/c1-11-2-4-16(5-3-11,14(19)20)17-13(18)12-10-15(12)6-8-23(21,22)9-7-15/h11-12H,2-10H2,1H3,(H,17,18)(H,19,20). The summed E-state index contributed by atoms with van der Waals surface area (Å²) in [6, 6.07) is 0. The third kappa shape index (κ3) is 3.12. The normalized spacial score (nSPS) is 38.0. The number of nitrogens with one attached hydrogen (secondary N) is 1. The third-order valence-electron chi connectivity index (χ3n) is 6.23. The number of amides is 1. The first kappa shape index (κ1) is 16.7. The van der Waals surface area contributed by atoms with Gasteiger partial charge in [0.25, 0.3) is 0 Å². The molecule has 130 valence electrons. The van der Waals surface area contributed by atoms with E-state index in [-0.39, 0.29) is 28.7 Å². The molecule has 1 saturated heterocycles. The molecule has 1 heterocycles. The van der Waals surface area contributed by atoms with Crippen molar-refractivity contribution in [1.82, 2.24) is 5.32 Å². The van der Waals surface area contributed by atoms with Crippen LogP contribution in [-0.4, -0.2) is 42.4 Å². The van der Waals surface area contributed by atoms with Crippen molar-refractivity contribution in [2.75, 3.05) is 11.5 Å². The van der Waals surface area contributed by atoms with Crippen LogP contribution in [0.1, 0.15) is 51.9 Å². The first-order valence-corrected chi connectivity index (χ1v) is 10.3. The van der Waals surface area contributed by atoms with E-state index < -0.39 is 21.3 Å². The number of carboxylic acids is 1. The van der Waals surface area contributed by atoms with Crippen LogP contribution >= 0.6 is 0 Å². The Labute approximate surface area is 136 Å². The molecule has 3 fully saturated rings. The lowest BCUT2D eigenvalue weighted by Gasteiger charge is -2.36. The van der Waals surface area contributed by atoms with Crippen LogP contribution in [0.3, 0.4) is 0 Å². The largest absolute Gasteiger partial charge is 0.480 e. The van der Waals surface area contributed by atoms with Gasteiger partial charge in [-0.05, 0) is 56.3 Å². The fourth-order valence-electron chi connectivity index (χ4n) is 4.19. The average Bonchev–Trinajstić information content (AvgIpc) is 3.20. The van der Waals surface area contributed by atoms with E-state index in [0.717, 1.165) is 12.8 Å². The predicted octanol–water partition coefficient (Wildman–Crippen LogP) is 1.35. The van der Waals surface area contributed by atoms with Crippen molar-refractivity contribution in [3.63, 3.8) is 0 Å². The zero-order chi connectivity index (χ0) is 16.9. The highest BCUT2D eigenvalue weighted by atomic mass is 32.2. The smallest absolute Gasteiger partial charge is 0.329 e. The number of carboxylic acid groups (broad SMARTS) is 1. The third-order valence-corrected chi connectivity index (χ3v) is 7.88. The van der Waals surface area contributed by atoms with E-state index in [1.165, 1.54) is 0 Å². The lowest BCUT2D eigenvalue weighted by atomic mass is 9.77. The van der Waals surface area contributed by atoms with Crippen LogP contribution in [0.15, 0.2) is 0 Å². The molecule has 1 aliphatic heterocycles. The predicted molar refractivity (Wildman–Crippen MR) is 84.6 cm³/mol. The van der Waals surface area contributed by atoms with Gasteiger partial charge in [-0.1, -0.05) is 6.92 Å². The van der Waals surface area contributed by atoms with Gasteiger partial charge in [-0.25, -0.2) is 13.2 Å². The number of carbonyl (C=O) groups is 2. The number of carbonyl (C=O) groups excluding carboxylic acids is 1. The molecule has 6 nitrogen and oxygen atoms in total. The Hall–Kier alpha value is -1.11. The quantitative estimate of drug-likeness (QED) is 0.805. The molecule has 0 radical (unpaired) electrons. The second-order valence-corrected chi connectivity index (χ2v) is 10.1. The lowest BCUT2D eigenvalue weighted by molar-refractivity contribution is -0.150. The minimum atomic E-state index is -2.95. The molecular formula is C16H25NO5S. The first-order chi connectivity index (χ1) is 10.7. The number of aliphatic carboxylic acids is 1. The van der Waals surface area contributed by atoms with Crippen molar-refractivity contribution in [1.29, 1.82) is 0 Å². The van der Waals surface area contributed by atoms with Crippen molar-refractivity contribution < 1.29 is 23.1 Å². The first-order valence-electron chi connectivity index (χ1n) is 8.44. The van der Waals surface area contributed by atoms with Crippen molar-refractivity contribution in [2.24, 2.45) is 17.3 Å². The molecule has 1 unspecified atom stereocenters. The molecule has 7 heteroatoms. The van der Waals surface area contributed by atoms with E-state index in [2.05, 4.69) is 12.2 Å². The summed E-state index contributed by atoms with van der Waals surface area (Å²) in [5, 5.41) is 12.4. The summed E-state index contributed by atoms with van der Waals surface area (Å²) in [6.45, 7) is 2.10. The Morgan fingerprint density at radius 1 is 1.09 bits per heavy atom. The maximum absolute atomic E-state index is 12.6. The van der Waals surface area contributed by atoms with Crippen molar-refractivity contribution >= 4 is 21.7 Å². The van der Waals surface area contributed by atoms with Gasteiger partial charge in [0.2, 0.25) is 5.91 Å². The van der Waals surface area contributed by atoms with Crippen molar-refractivity contribution in [3.05, 3.63) is 0 Å². The minimum Gasteiger partial charge on any atom is -0.480 e. The second-order valence-electron chi connectivity index (χ2n) is 7.83. The van der Waals surface area contributed by atoms with E-state index in [0.29, 0.717) is 38.0 Å². The fraction of sp³-hybridized carbons (Fsp3) is 0.875. The highest BCUT2D eigenvalue weighted by molar-refractivity contribution is 7.91. The van der Waals surface area contributed by atoms with Gasteiger partial charge in [0.05, 0.1) is 11.5 Å². The highest BCUT2D eigenvalue weighted by Crippen LogP contribution is 2.60. The lowest BCUT2D eigenvalue weighted by Crippen LogP contribution is -2.57. The minimum absolute atomic E-state index is 0.151. The zero-order valence-corrected chi connectivity index (χ0v) is 14.3. The van der Waals surface area contributed by atoms with Crippen LogP contribution in [-0.2, 0) is 19.4 Å². The van der Waals surface area contributed by atoms with Crippen molar-refractivity contribution in [3.8, 4) is 0 Å². The van der Waals surface area contributed by atoms with Gasteiger partial charge in [0.15, 0.2) is 0 Å². The van der Waals surface area contributed by atoms with Crippen LogP contribution in [0, 0.1) is 17.3 Å². The summed E-state index contributed by atoms with van der Waals surface area (Å²) in [6.07, 6.45) is 4.32. The average molecular weight is 343 g/mol. The Kier molecular flexibility index (Phi) is 3.98. The summed E-state index contributed by atoms with van der Waals surface area (Å²) in [5.41, 5.74) is -1.33. The maximum Gasteiger partial charge on any atom is 0.329 e. The molecule has 0 bridgehead atoms. The van der Waals surface area contributed by atoms with E-state index in [1.54, 1.807) is 0 Å². The molecule has 0 aromatic rings. The molecule has 1 spiro atoms. The molecule has 0 aromatic heterocycles. The van der Waals surface area contributed by atoms with Crippen LogP contribution < -0.4 is 5.32 Å². The van der Waals surface area contributed by atoms with Crippen LogP contribution in [0.25, 0.3) is 0 Å². The van der Waals surface area contributed by atoms with Gasteiger partial charge in [0.1, 0.15) is 15.4 Å². The van der Waals surface area contributed by atoms with E-state index in [4.69, 9.17) is 0 Å². The molecule has 1 amide bonds. The Bertz CT molecular complexity index is 604. The molecule has 23 heavy (non-hydrogen) atoms. The summed E-state index contributed by atoms with van der Waals surface area (Å²) >= 11 is 0. The Balaban J connectivity index is 1.64. The van der Waals surface area contributed by atoms with E-state index in [1.807, 2.05) is 0 Å². The molecule has 3 rings (SSSR count). The van der Waals surface area contributed by atoms with E-state index in [9.17, 15) is 23.1 Å². The summed E-state index contributed by atoms with van der Waals surface area (Å²) < 4.78 is 23.1. The fourth-order valence-corrected chi connectivity index (χ4v) is 5.82. The van der Waals surface area contributed by atoms with Gasteiger partial charge in [-0.3, -0.25) is 4.79 Å². The zero-order valence-electron chi connectivity index (χ0n) is 13.5. The number of rotatable bonds is 3. The Morgan fingerprint density at radius 3 is 2.17 bits per heavy atom. The molecule has 3 aliphatic rings. The SMILES string of the molecule is CC1CCC(NC(=O)C2CC23CCS(=O)(=O)CC3)(C(=O)O)CC1. The van der Waals surface area contributed by atoms with Gasteiger partial charge in [-0.15, -0.1) is 0 Å². The number of hydrogen-bond acceptors (Lipinski definition) is 4. The van der Waals surface area contributed by atoms with Crippen LogP contribution in [0.5, 0.6) is 0 Å². The maximum atomic E-state index is 12.6. The molecule has 1 atom stereocenters. The molecule has 2 aliphatic carbocycles. The van der Waals surface area contributed by atoms with Gasteiger partial charge < -0.3 is 10.4 Å². The van der Waals surface area contributed by atoms with E-state index >= 15 is 0 Å². The number of sulfone groups is 1. The highest BCUT2D eigenvalue weighted by Gasteiger charge is 2.60. The van der Waals surface area contributed by atoms with Crippen LogP contribution in [0.2, 0.25) is 0 Å². The van der Waals surface area contributed by atoms with Gasteiger partial charge in [-0.2, -0.15) is 0 Å². The molecule has 0 aromatic carbocycles. The summed E-state index contributed by atoms with van der Waals surface area (Å²) in [5.74, 6) is -0.555. The van der Waals surface area contributed by atoms with Gasteiger partial charge in [0, 0.05) is 5.92 Å². The summed E-state index contributed by atoms with van der Waals surface area (Å²) in [7, 11) is -2.95. The monoisotopic (exact) mass is 343 g/mol. The summed E-state index contributed by atoms with van der Waals surface area (Å²) in [4.78, 5) is 24.3. The molecule has 2 N–H and O–H groups in total.